The van der Waals surface area contributed by atoms with Gasteiger partial charge in [-0.25, -0.2) is 0 Å². The molecule has 1 saturated carbocycles. The predicted molar refractivity (Wildman–Crippen MR) is 138 cm³/mol. The van der Waals surface area contributed by atoms with Crippen LogP contribution in [0.3, 0.4) is 0 Å². The van der Waals surface area contributed by atoms with Crippen molar-refractivity contribution in [2.75, 3.05) is 20.6 Å². The number of hydrogen-bond acceptors (Lipinski definition) is 9. The molecule has 0 aliphatic heterocycles. The number of nitrogens with one attached hydrogen (secondary N) is 1. The van der Waals surface area contributed by atoms with Crippen molar-refractivity contribution in [1.29, 1.82) is 0 Å². The topological polar surface area (TPSA) is 151 Å². The largest absolute Gasteiger partial charge is 0.510 e. The first kappa shape index (κ1) is 27.3. The Kier molecular flexibility index (Phi) is 6.60. The molecule has 4 rings (SSSR count). The molecule has 0 radical (unpaired) electrons. The molecule has 0 bridgehead atoms. The number of aromatic hydroxyl groups is 1. The maximum atomic E-state index is 14.4. The number of rotatable bonds is 4. The fourth-order valence-corrected chi connectivity index (χ4v) is 6.57. The number of aliphatic hydroxyl groups excluding tert-OH is 3. The number of likely N-dealkylation sites (N-methyl/N-ethyl adjacent to an activating group) is 1. The van der Waals surface area contributed by atoms with E-state index in [1.54, 1.807) is 38.1 Å². The molecule has 3 aliphatic carbocycles. The van der Waals surface area contributed by atoms with Gasteiger partial charge in [-0.3, -0.25) is 14.5 Å². The minimum Gasteiger partial charge on any atom is -0.510 e. The third kappa shape index (κ3) is 3.91. The Hall–Kier alpha value is -2.72. The number of Topliss-reactive ketones (excluding diaryl/α,β-unsaturated/α-hetero) is 2. The average molecular weight is 515 g/mol. The third-order valence-electron chi connectivity index (χ3n) is 8.18. The van der Waals surface area contributed by atoms with E-state index in [1.165, 1.54) is 13.0 Å². The highest BCUT2D eigenvalue weighted by Gasteiger charge is 2.68. The van der Waals surface area contributed by atoms with Gasteiger partial charge >= 0.3 is 0 Å². The summed E-state index contributed by atoms with van der Waals surface area (Å²) in [7, 11) is 3.28. The lowest BCUT2D eigenvalue weighted by Gasteiger charge is -2.57. The van der Waals surface area contributed by atoms with Crippen molar-refractivity contribution in [3.8, 4) is 5.75 Å². The summed E-state index contributed by atoms with van der Waals surface area (Å²) in [5.41, 5.74) is -2.36. The molecule has 7 atom stereocenters. The molecule has 1 fully saturated rings. The van der Waals surface area contributed by atoms with E-state index < -0.39 is 58.9 Å². The van der Waals surface area contributed by atoms with Crippen molar-refractivity contribution in [2.45, 2.75) is 64.3 Å². The molecule has 9 nitrogen and oxygen atoms in total. The second-order valence-electron chi connectivity index (χ2n) is 12.1. The fourth-order valence-electron chi connectivity index (χ4n) is 6.57. The standard InChI is InChI=1S/C28H38N2O7/c1-12-14-9-8-10-15(32)18(14)22(33)19-16(12)23(34)20-21(30(6)7)24(35)17(13(2)31)25(28(20,37)26(19)36)29-11-27(3,4)5/h8-10,12,16,20-21,23,25,29,32-35,37H,11H2,1-7H3/t12-,16?,20?,21-,23-,25+,28+/m0/s1. The van der Waals surface area contributed by atoms with E-state index in [1.807, 2.05) is 20.8 Å². The van der Waals surface area contributed by atoms with Gasteiger partial charge in [0.2, 0.25) is 0 Å². The Labute approximate surface area is 217 Å². The van der Waals surface area contributed by atoms with E-state index in [4.69, 9.17) is 0 Å². The number of nitrogens with zero attached hydrogens (tertiary/aromatic N) is 1. The number of carbonyl (C=O) groups excluding carboxylic acids is 2. The molecule has 1 aromatic carbocycles. The fraction of sp³-hybridized carbons (Fsp3) is 0.571. The molecular formula is C28H38N2O7. The van der Waals surface area contributed by atoms with Crippen LogP contribution >= 0.6 is 0 Å². The molecule has 2 unspecified atom stereocenters. The second-order valence-corrected chi connectivity index (χ2v) is 12.1. The summed E-state index contributed by atoms with van der Waals surface area (Å²) in [4.78, 5) is 28.8. The number of phenols is 1. The molecule has 37 heavy (non-hydrogen) atoms. The van der Waals surface area contributed by atoms with Crippen LogP contribution in [-0.4, -0.2) is 86.4 Å². The minimum absolute atomic E-state index is 0.0909. The maximum absolute atomic E-state index is 14.4. The first-order chi connectivity index (χ1) is 17.1. The van der Waals surface area contributed by atoms with Crippen LogP contribution in [0.2, 0.25) is 0 Å². The van der Waals surface area contributed by atoms with Gasteiger partial charge < -0.3 is 30.8 Å². The molecule has 9 heteroatoms. The SMILES string of the molecule is CC(=O)C1=C(O)[C@@H](N(C)C)C2[C@@H](O)C3C(=C(O)c4c(O)cccc4[C@@H]3C)C(=O)[C@]2(O)[C@@H]1NCC(C)(C)C. The molecule has 6 N–H and O–H groups in total. The molecule has 202 valence electrons. The first-order valence-corrected chi connectivity index (χ1v) is 12.6. The zero-order valence-corrected chi connectivity index (χ0v) is 22.4. The van der Waals surface area contributed by atoms with Gasteiger partial charge in [0, 0.05) is 24.0 Å². The van der Waals surface area contributed by atoms with Crippen LogP contribution in [0.25, 0.3) is 5.76 Å². The highest BCUT2D eigenvalue weighted by molar-refractivity contribution is 6.12. The van der Waals surface area contributed by atoms with Gasteiger partial charge in [-0.05, 0) is 44.0 Å². The number of fused-ring (bicyclic) bond motifs is 3. The van der Waals surface area contributed by atoms with Gasteiger partial charge in [-0.2, -0.15) is 0 Å². The van der Waals surface area contributed by atoms with Gasteiger partial charge in [0.15, 0.2) is 17.2 Å². The molecule has 3 aliphatic rings. The molecule has 0 amide bonds. The normalized spacial score (nSPS) is 33.8. The Morgan fingerprint density at radius 1 is 1.16 bits per heavy atom. The lowest BCUT2D eigenvalue weighted by molar-refractivity contribution is -0.174. The van der Waals surface area contributed by atoms with E-state index in [0.717, 1.165) is 0 Å². The van der Waals surface area contributed by atoms with E-state index >= 15 is 0 Å². The van der Waals surface area contributed by atoms with E-state index in [0.29, 0.717) is 5.56 Å². The van der Waals surface area contributed by atoms with Gasteiger partial charge in [0.1, 0.15) is 17.3 Å². The molecule has 0 spiro atoms. The van der Waals surface area contributed by atoms with Crippen LogP contribution in [0.1, 0.15) is 51.7 Å². The van der Waals surface area contributed by atoms with Gasteiger partial charge in [-0.1, -0.05) is 39.8 Å². The van der Waals surface area contributed by atoms with Crippen molar-refractivity contribution >= 4 is 17.3 Å². The predicted octanol–water partition coefficient (Wildman–Crippen LogP) is 2.03. The van der Waals surface area contributed by atoms with E-state index in [9.17, 15) is 35.1 Å². The zero-order chi connectivity index (χ0) is 27.8. The summed E-state index contributed by atoms with van der Waals surface area (Å²) >= 11 is 0. The Morgan fingerprint density at radius 3 is 2.32 bits per heavy atom. The lowest BCUT2D eigenvalue weighted by atomic mass is 9.52. The van der Waals surface area contributed by atoms with Gasteiger partial charge in [0.25, 0.3) is 0 Å². The summed E-state index contributed by atoms with van der Waals surface area (Å²) in [6.45, 7) is 9.14. The maximum Gasteiger partial charge on any atom is 0.196 e. The minimum atomic E-state index is -2.38. The summed E-state index contributed by atoms with van der Waals surface area (Å²) in [5.74, 6) is -5.01. The van der Waals surface area contributed by atoms with Crippen molar-refractivity contribution < 1.29 is 35.1 Å². The van der Waals surface area contributed by atoms with E-state index in [-0.39, 0.29) is 40.2 Å². The van der Waals surface area contributed by atoms with Crippen LogP contribution in [0.15, 0.2) is 35.1 Å². The van der Waals surface area contributed by atoms with Crippen LogP contribution in [0.5, 0.6) is 5.75 Å². The number of phenolic OH excluding ortho intramolecular Hbond substituents is 1. The number of ketones is 2. The molecule has 0 heterocycles. The number of benzene rings is 1. The van der Waals surface area contributed by atoms with Crippen molar-refractivity contribution in [3.05, 3.63) is 46.2 Å². The summed E-state index contributed by atoms with van der Waals surface area (Å²) < 4.78 is 0. The number of aliphatic hydroxyl groups is 4. The van der Waals surface area contributed by atoms with Crippen LogP contribution in [0.4, 0.5) is 0 Å². The Bertz CT molecular complexity index is 1210. The highest BCUT2D eigenvalue weighted by atomic mass is 16.3. The highest BCUT2D eigenvalue weighted by Crippen LogP contribution is 2.56. The Balaban J connectivity index is 2.03. The second kappa shape index (κ2) is 8.94. The molecule has 1 aromatic rings. The molecular weight excluding hydrogens is 476 g/mol. The van der Waals surface area contributed by atoms with Crippen molar-refractivity contribution in [2.24, 2.45) is 17.3 Å². The van der Waals surface area contributed by atoms with Gasteiger partial charge in [-0.15, -0.1) is 0 Å². The average Bonchev–Trinajstić information content (AvgIpc) is 2.78. The van der Waals surface area contributed by atoms with Crippen molar-refractivity contribution in [3.63, 3.8) is 0 Å². The van der Waals surface area contributed by atoms with Crippen molar-refractivity contribution in [1.82, 2.24) is 10.2 Å². The summed E-state index contributed by atoms with van der Waals surface area (Å²) in [6, 6.07) is 2.36. The summed E-state index contributed by atoms with van der Waals surface area (Å²) in [6.07, 6.45) is -1.38. The lowest BCUT2D eigenvalue weighted by Crippen LogP contribution is -2.75. The van der Waals surface area contributed by atoms with Gasteiger partial charge in [0.05, 0.1) is 29.3 Å². The smallest absolute Gasteiger partial charge is 0.196 e. The first-order valence-electron chi connectivity index (χ1n) is 12.6. The number of hydrogen-bond donors (Lipinski definition) is 6. The van der Waals surface area contributed by atoms with Crippen LogP contribution in [-0.2, 0) is 9.59 Å². The molecule has 0 aromatic heterocycles. The summed E-state index contributed by atoms with van der Waals surface area (Å²) in [5, 5.41) is 60.6. The van der Waals surface area contributed by atoms with Crippen LogP contribution < -0.4 is 5.32 Å². The van der Waals surface area contributed by atoms with E-state index in [2.05, 4.69) is 5.32 Å². The van der Waals surface area contributed by atoms with Crippen LogP contribution in [0, 0.1) is 17.3 Å². The Morgan fingerprint density at radius 2 is 1.78 bits per heavy atom. The molecule has 0 saturated heterocycles. The zero-order valence-electron chi connectivity index (χ0n) is 22.4. The quantitative estimate of drug-likeness (QED) is 0.355. The monoisotopic (exact) mass is 514 g/mol. The number of carbonyl (C=O) groups is 2. The third-order valence-corrected chi connectivity index (χ3v) is 8.18.